The molecule has 0 aliphatic carbocycles. The highest BCUT2D eigenvalue weighted by atomic mass is 16.5. The van der Waals surface area contributed by atoms with E-state index in [4.69, 9.17) is 16.2 Å². The molecule has 0 aromatic heterocycles. The van der Waals surface area contributed by atoms with Crippen LogP contribution in [-0.2, 0) is 4.79 Å². The number of rotatable bonds is 5. The molecule has 0 spiro atoms. The number of hydrogen-bond donors (Lipinski definition) is 2. The van der Waals surface area contributed by atoms with Crippen molar-refractivity contribution in [2.45, 2.75) is 26.3 Å². The van der Waals surface area contributed by atoms with Crippen molar-refractivity contribution in [1.29, 1.82) is 0 Å². The van der Waals surface area contributed by atoms with Gasteiger partial charge in [0.25, 0.3) is 0 Å². The first kappa shape index (κ1) is 12.5. The van der Waals surface area contributed by atoms with E-state index in [1.807, 2.05) is 32.0 Å². The Labute approximate surface area is 95.6 Å². The van der Waals surface area contributed by atoms with Gasteiger partial charge in [-0.15, -0.1) is 0 Å². The molecular formula is C12H18N2O2. The maximum atomic E-state index is 10.5. The van der Waals surface area contributed by atoms with E-state index in [2.05, 4.69) is 0 Å². The van der Waals surface area contributed by atoms with Crippen molar-refractivity contribution in [3.05, 3.63) is 29.3 Å². The standard InChI is InChI=1S/C12H18N2O2/c1-8-7-10(9(2)13)3-4-11(8)16-6-5-12(14)15/h3-4,7,9H,5-6,13H2,1-2H3,(H2,14,15)/t9-/m0/s1. The molecule has 1 atom stereocenters. The number of primary amides is 1. The summed E-state index contributed by atoms with van der Waals surface area (Å²) in [5.74, 6) is 0.413. The molecule has 16 heavy (non-hydrogen) atoms. The van der Waals surface area contributed by atoms with Crippen LogP contribution in [0.1, 0.15) is 30.5 Å². The fraction of sp³-hybridized carbons (Fsp3) is 0.417. The van der Waals surface area contributed by atoms with Gasteiger partial charge in [-0.1, -0.05) is 12.1 Å². The Morgan fingerprint density at radius 2 is 2.19 bits per heavy atom. The minimum Gasteiger partial charge on any atom is -0.493 e. The molecule has 4 nitrogen and oxygen atoms in total. The van der Waals surface area contributed by atoms with Gasteiger partial charge in [0.15, 0.2) is 0 Å². The number of nitrogens with two attached hydrogens (primary N) is 2. The number of hydrogen-bond acceptors (Lipinski definition) is 3. The van der Waals surface area contributed by atoms with Gasteiger partial charge in [0, 0.05) is 6.04 Å². The molecule has 1 aromatic rings. The van der Waals surface area contributed by atoms with E-state index in [1.165, 1.54) is 0 Å². The summed E-state index contributed by atoms with van der Waals surface area (Å²) < 4.78 is 5.44. The van der Waals surface area contributed by atoms with E-state index in [9.17, 15) is 4.79 Å². The molecule has 1 amide bonds. The molecule has 4 N–H and O–H groups in total. The summed E-state index contributed by atoms with van der Waals surface area (Å²) in [6.07, 6.45) is 0.231. The molecule has 0 aliphatic rings. The zero-order chi connectivity index (χ0) is 12.1. The molecule has 0 saturated heterocycles. The third-order valence-corrected chi connectivity index (χ3v) is 2.33. The van der Waals surface area contributed by atoms with Gasteiger partial charge in [-0.2, -0.15) is 0 Å². The van der Waals surface area contributed by atoms with E-state index >= 15 is 0 Å². The summed E-state index contributed by atoms with van der Waals surface area (Å²) in [6, 6.07) is 5.80. The summed E-state index contributed by atoms with van der Waals surface area (Å²) in [5.41, 5.74) is 12.9. The van der Waals surface area contributed by atoms with E-state index in [0.717, 1.165) is 16.9 Å². The SMILES string of the molecule is Cc1cc([C@H](C)N)ccc1OCCC(N)=O. The first-order valence-corrected chi connectivity index (χ1v) is 5.28. The summed E-state index contributed by atoms with van der Waals surface area (Å²) in [6.45, 7) is 4.20. The number of amides is 1. The normalized spacial score (nSPS) is 12.2. The van der Waals surface area contributed by atoms with E-state index in [-0.39, 0.29) is 18.4 Å². The van der Waals surface area contributed by atoms with Crippen molar-refractivity contribution in [3.8, 4) is 5.75 Å². The monoisotopic (exact) mass is 222 g/mol. The van der Waals surface area contributed by atoms with Crippen molar-refractivity contribution >= 4 is 5.91 Å². The lowest BCUT2D eigenvalue weighted by Gasteiger charge is -2.11. The summed E-state index contributed by atoms with van der Waals surface area (Å²) >= 11 is 0. The maximum Gasteiger partial charge on any atom is 0.220 e. The quantitative estimate of drug-likeness (QED) is 0.787. The number of ether oxygens (including phenoxy) is 1. The number of benzene rings is 1. The summed E-state index contributed by atoms with van der Waals surface area (Å²) in [4.78, 5) is 10.5. The first-order chi connectivity index (χ1) is 7.50. The predicted molar refractivity (Wildman–Crippen MR) is 63.1 cm³/mol. The first-order valence-electron chi connectivity index (χ1n) is 5.28. The zero-order valence-electron chi connectivity index (χ0n) is 9.69. The van der Waals surface area contributed by atoms with E-state index in [0.29, 0.717) is 6.61 Å². The number of aryl methyl sites for hydroxylation is 1. The van der Waals surface area contributed by atoms with Crippen LogP contribution in [0.25, 0.3) is 0 Å². The van der Waals surface area contributed by atoms with Crippen LogP contribution in [-0.4, -0.2) is 12.5 Å². The Morgan fingerprint density at radius 3 is 2.69 bits per heavy atom. The number of carbonyl (C=O) groups is 1. The Kier molecular flexibility index (Phi) is 4.31. The lowest BCUT2D eigenvalue weighted by atomic mass is 10.1. The summed E-state index contributed by atoms with van der Waals surface area (Å²) in [5, 5.41) is 0. The molecule has 0 heterocycles. The lowest BCUT2D eigenvalue weighted by Crippen LogP contribution is -2.15. The second-order valence-electron chi connectivity index (χ2n) is 3.88. The van der Waals surface area contributed by atoms with Crippen LogP contribution in [0.5, 0.6) is 5.75 Å². The average Bonchev–Trinajstić information content (AvgIpc) is 2.19. The minimum absolute atomic E-state index is 0.0124. The van der Waals surface area contributed by atoms with Crippen LogP contribution < -0.4 is 16.2 Å². The van der Waals surface area contributed by atoms with Gasteiger partial charge in [0.1, 0.15) is 5.75 Å². The zero-order valence-corrected chi connectivity index (χ0v) is 9.69. The third kappa shape index (κ3) is 3.55. The molecule has 4 heteroatoms. The molecule has 0 unspecified atom stereocenters. The molecule has 0 bridgehead atoms. The fourth-order valence-corrected chi connectivity index (χ4v) is 1.38. The molecular weight excluding hydrogens is 204 g/mol. The highest BCUT2D eigenvalue weighted by molar-refractivity contribution is 5.73. The van der Waals surface area contributed by atoms with Gasteiger partial charge in [-0.25, -0.2) is 0 Å². The van der Waals surface area contributed by atoms with Gasteiger partial charge in [-0.3, -0.25) is 4.79 Å². The third-order valence-electron chi connectivity index (χ3n) is 2.33. The minimum atomic E-state index is -0.357. The van der Waals surface area contributed by atoms with Crippen molar-refractivity contribution in [2.75, 3.05) is 6.61 Å². The fourth-order valence-electron chi connectivity index (χ4n) is 1.38. The molecule has 1 rings (SSSR count). The Balaban J connectivity index is 2.64. The number of carbonyl (C=O) groups excluding carboxylic acids is 1. The van der Waals surface area contributed by atoms with Crippen molar-refractivity contribution in [3.63, 3.8) is 0 Å². The molecule has 88 valence electrons. The predicted octanol–water partition coefficient (Wildman–Crippen LogP) is 1.27. The molecule has 0 fully saturated rings. The molecule has 1 aromatic carbocycles. The van der Waals surface area contributed by atoms with Crippen LogP contribution >= 0.6 is 0 Å². The average molecular weight is 222 g/mol. The van der Waals surface area contributed by atoms with Crippen LogP contribution in [0.4, 0.5) is 0 Å². The Bertz CT molecular complexity index is 375. The topological polar surface area (TPSA) is 78.3 Å². The summed E-state index contributed by atoms with van der Waals surface area (Å²) in [7, 11) is 0. The Morgan fingerprint density at radius 1 is 1.50 bits per heavy atom. The molecule has 0 radical (unpaired) electrons. The Hall–Kier alpha value is -1.55. The van der Waals surface area contributed by atoms with Gasteiger partial charge in [0.2, 0.25) is 5.91 Å². The van der Waals surface area contributed by atoms with Gasteiger partial charge in [-0.05, 0) is 31.0 Å². The molecule has 0 saturated carbocycles. The second-order valence-corrected chi connectivity index (χ2v) is 3.88. The highest BCUT2D eigenvalue weighted by Gasteiger charge is 2.04. The lowest BCUT2D eigenvalue weighted by molar-refractivity contribution is -0.118. The van der Waals surface area contributed by atoms with E-state index < -0.39 is 0 Å². The maximum absolute atomic E-state index is 10.5. The van der Waals surface area contributed by atoms with Gasteiger partial charge < -0.3 is 16.2 Å². The van der Waals surface area contributed by atoms with E-state index in [1.54, 1.807) is 0 Å². The van der Waals surface area contributed by atoms with Crippen molar-refractivity contribution in [1.82, 2.24) is 0 Å². The van der Waals surface area contributed by atoms with Crippen LogP contribution in [0.15, 0.2) is 18.2 Å². The largest absolute Gasteiger partial charge is 0.493 e. The molecule has 0 aliphatic heterocycles. The van der Waals surface area contributed by atoms with Crippen LogP contribution in [0.2, 0.25) is 0 Å². The van der Waals surface area contributed by atoms with Crippen molar-refractivity contribution < 1.29 is 9.53 Å². The second kappa shape index (κ2) is 5.51. The highest BCUT2D eigenvalue weighted by Crippen LogP contribution is 2.21. The van der Waals surface area contributed by atoms with Crippen molar-refractivity contribution in [2.24, 2.45) is 11.5 Å². The van der Waals surface area contributed by atoms with Crippen LogP contribution in [0.3, 0.4) is 0 Å². The van der Waals surface area contributed by atoms with Gasteiger partial charge >= 0.3 is 0 Å². The van der Waals surface area contributed by atoms with Gasteiger partial charge in [0.05, 0.1) is 13.0 Å². The van der Waals surface area contributed by atoms with Crippen LogP contribution in [0, 0.1) is 6.92 Å². The smallest absolute Gasteiger partial charge is 0.220 e.